The maximum absolute atomic E-state index is 11.6. The highest BCUT2D eigenvalue weighted by Crippen LogP contribution is 2.09. The van der Waals surface area contributed by atoms with Crippen LogP contribution in [0.25, 0.3) is 0 Å². The lowest BCUT2D eigenvalue weighted by Gasteiger charge is -2.12. The van der Waals surface area contributed by atoms with Crippen LogP contribution in [0.2, 0.25) is 0 Å². The van der Waals surface area contributed by atoms with Crippen molar-refractivity contribution in [1.29, 1.82) is 0 Å². The number of rotatable bonds is 6. The first kappa shape index (κ1) is 13.2. The first-order chi connectivity index (χ1) is 8.00. The van der Waals surface area contributed by atoms with Crippen LogP contribution in [0.15, 0.2) is 17.5 Å². The van der Waals surface area contributed by atoms with Crippen molar-refractivity contribution in [3.63, 3.8) is 0 Å². The summed E-state index contributed by atoms with van der Waals surface area (Å²) in [7, 11) is 0. The molecular weight excluding hydrogens is 244 g/mol. The Bertz CT molecular complexity index is 416. The minimum Gasteiger partial charge on any atom is -0.480 e. The molecule has 92 valence electrons. The Balaban J connectivity index is 2.58. The molecule has 0 aromatic carbocycles. The summed E-state index contributed by atoms with van der Waals surface area (Å²) >= 11 is 1.21. The summed E-state index contributed by atoms with van der Waals surface area (Å²) in [5, 5.41) is 12.9. The molecule has 17 heavy (non-hydrogen) atoms. The number of primary amides is 1. The lowest BCUT2D eigenvalue weighted by atomic mass is 10.1. The molecule has 0 aliphatic carbocycles. The number of amides is 2. The van der Waals surface area contributed by atoms with Crippen molar-refractivity contribution in [2.24, 2.45) is 5.73 Å². The molecule has 1 aromatic heterocycles. The fraction of sp³-hybridized carbons (Fsp3) is 0.300. The molecule has 0 aliphatic rings. The number of hydrogen-bond acceptors (Lipinski definition) is 4. The van der Waals surface area contributed by atoms with Crippen LogP contribution in [-0.4, -0.2) is 28.9 Å². The summed E-state index contributed by atoms with van der Waals surface area (Å²) in [6.45, 7) is 0. The summed E-state index contributed by atoms with van der Waals surface area (Å²) in [6.07, 6.45) is -0.0938. The molecule has 0 fully saturated rings. The molecule has 1 aromatic rings. The van der Waals surface area contributed by atoms with Crippen molar-refractivity contribution >= 4 is 29.1 Å². The third kappa shape index (κ3) is 4.23. The molecule has 7 heteroatoms. The summed E-state index contributed by atoms with van der Waals surface area (Å²) in [5.41, 5.74) is 4.92. The molecule has 0 spiro atoms. The predicted octanol–water partition coefficient (Wildman–Crippen LogP) is 0.197. The highest BCUT2D eigenvalue weighted by atomic mass is 32.1. The van der Waals surface area contributed by atoms with Gasteiger partial charge in [-0.1, -0.05) is 6.07 Å². The second-order valence-corrected chi connectivity index (χ2v) is 4.29. The Morgan fingerprint density at radius 2 is 2.18 bits per heavy atom. The number of thiophene rings is 1. The number of carboxylic acid groups (broad SMARTS) is 1. The fourth-order valence-corrected chi connectivity index (χ4v) is 1.81. The van der Waals surface area contributed by atoms with E-state index in [-0.39, 0.29) is 12.8 Å². The number of nitrogens with two attached hydrogens (primary N) is 1. The van der Waals surface area contributed by atoms with E-state index in [1.807, 2.05) is 0 Å². The molecule has 4 N–H and O–H groups in total. The molecule has 1 heterocycles. The van der Waals surface area contributed by atoms with E-state index in [9.17, 15) is 14.4 Å². The maximum Gasteiger partial charge on any atom is 0.326 e. The molecule has 2 amide bonds. The van der Waals surface area contributed by atoms with E-state index < -0.39 is 23.8 Å². The Morgan fingerprint density at radius 3 is 2.65 bits per heavy atom. The average Bonchev–Trinajstić information content (AvgIpc) is 2.76. The second-order valence-electron chi connectivity index (χ2n) is 3.35. The van der Waals surface area contributed by atoms with Gasteiger partial charge in [0, 0.05) is 6.42 Å². The molecular formula is C10H12N2O4S. The Morgan fingerprint density at radius 1 is 1.47 bits per heavy atom. The van der Waals surface area contributed by atoms with E-state index in [0.29, 0.717) is 4.88 Å². The molecule has 1 atom stereocenters. The number of hydrogen-bond donors (Lipinski definition) is 3. The SMILES string of the molecule is NC(=O)CCC(NC(=O)c1cccs1)C(=O)O. The third-order valence-corrected chi connectivity index (χ3v) is 2.90. The largest absolute Gasteiger partial charge is 0.480 e. The molecule has 1 rings (SSSR count). The van der Waals surface area contributed by atoms with E-state index in [4.69, 9.17) is 10.8 Å². The quantitative estimate of drug-likeness (QED) is 0.675. The van der Waals surface area contributed by atoms with E-state index in [2.05, 4.69) is 5.32 Å². The number of nitrogens with one attached hydrogen (secondary N) is 1. The lowest BCUT2D eigenvalue weighted by molar-refractivity contribution is -0.139. The summed E-state index contributed by atoms with van der Waals surface area (Å²) in [4.78, 5) is 33.4. The first-order valence-corrected chi connectivity index (χ1v) is 5.74. The molecule has 0 radical (unpaired) electrons. The molecule has 1 unspecified atom stereocenters. The predicted molar refractivity (Wildman–Crippen MR) is 61.6 cm³/mol. The van der Waals surface area contributed by atoms with Crippen molar-refractivity contribution in [3.8, 4) is 0 Å². The van der Waals surface area contributed by atoms with E-state index in [1.54, 1.807) is 17.5 Å². The second kappa shape index (κ2) is 6.00. The minimum absolute atomic E-state index is 0.0121. The van der Waals surface area contributed by atoms with Gasteiger partial charge in [0.25, 0.3) is 5.91 Å². The molecule has 0 saturated carbocycles. The molecule has 0 bridgehead atoms. The Hall–Kier alpha value is -1.89. The summed E-state index contributed by atoms with van der Waals surface area (Å²) in [5.74, 6) is -2.24. The van der Waals surface area contributed by atoms with Gasteiger partial charge in [-0.25, -0.2) is 4.79 Å². The Kier molecular flexibility index (Phi) is 4.65. The summed E-state index contributed by atoms with van der Waals surface area (Å²) < 4.78 is 0. The smallest absolute Gasteiger partial charge is 0.326 e. The van der Waals surface area contributed by atoms with Crippen molar-refractivity contribution in [2.75, 3.05) is 0 Å². The van der Waals surface area contributed by atoms with Crippen molar-refractivity contribution in [2.45, 2.75) is 18.9 Å². The van der Waals surface area contributed by atoms with Crippen LogP contribution in [0.1, 0.15) is 22.5 Å². The zero-order valence-corrected chi connectivity index (χ0v) is 9.70. The van der Waals surface area contributed by atoms with Gasteiger partial charge in [0.1, 0.15) is 6.04 Å². The zero-order valence-electron chi connectivity index (χ0n) is 8.88. The Labute approximate surface area is 101 Å². The average molecular weight is 256 g/mol. The normalized spacial score (nSPS) is 11.8. The highest BCUT2D eigenvalue weighted by molar-refractivity contribution is 7.12. The van der Waals surface area contributed by atoms with Gasteiger partial charge in [-0.05, 0) is 17.9 Å². The number of carboxylic acids is 1. The van der Waals surface area contributed by atoms with E-state index in [0.717, 1.165) is 0 Å². The molecule has 0 saturated heterocycles. The lowest BCUT2D eigenvalue weighted by Crippen LogP contribution is -2.41. The standard InChI is InChI=1S/C10H12N2O4S/c11-8(13)4-3-6(10(15)16)12-9(14)7-2-1-5-17-7/h1-2,5-6H,3-4H2,(H2,11,13)(H,12,14)(H,15,16). The van der Waals surface area contributed by atoms with Gasteiger partial charge in [-0.15, -0.1) is 11.3 Å². The number of carbonyl (C=O) groups is 3. The van der Waals surface area contributed by atoms with Gasteiger partial charge in [-0.2, -0.15) is 0 Å². The van der Waals surface area contributed by atoms with Gasteiger partial charge in [0.2, 0.25) is 5.91 Å². The van der Waals surface area contributed by atoms with Crippen LogP contribution in [0.4, 0.5) is 0 Å². The van der Waals surface area contributed by atoms with Crippen molar-refractivity contribution in [3.05, 3.63) is 22.4 Å². The van der Waals surface area contributed by atoms with Crippen LogP contribution in [0.5, 0.6) is 0 Å². The minimum atomic E-state index is -1.18. The van der Waals surface area contributed by atoms with Crippen molar-refractivity contribution < 1.29 is 19.5 Å². The maximum atomic E-state index is 11.6. The van der Waals surface area contributed by atoms with Crippen LogP contribution >= 0.6 is 11.3 Å². The van der Waals surface area contributed by atoms with Crippen LogP contribution in [0, 0.1) is 0 Å². The van der Waals surface area contributed by atoms with E-state index >= 15 is 0 Å². The van der Waals surface area contributed by atoms with Crippen LogP contribution < -0.4 is 11.1 Å². The highest BCUT2D eigenvalue weighted by Gasteiger charge is 2.21. The van der Waals surface area contributed by atoms with Crippen LogP contribution in [0.3, 0.4) is 0 Å². The third-order valence-electron chi connectivity index (χ3n) is 2.03. The van der Waals surface area contributed by atoms with E-state index in [1.165, 1.54) is 11.3 Å². The number of carbonyl (C=O) groups excluding carboxylic acids is 2. The van der Waals surface area contributed by atoms with Gasteiger partial charge in [0.15, 0.2) is 0 Å². The monoisotopic (exact) mass is 256 g/mol. The molecule has 0 aliphatic heterocycles. The summed E-state index contributed by atoms with van der Waals surface area (Å²) in [6, 6.07) is 2.18. The van der Waals surface area contributed by atoms with Crippen molar-refractivity contribution in [1.82, 2.24) is 5.32 Å². The van der Waals surface area contributed by atoms with Gasteiger partial charge in [-0.3, -0.25) is 9.59 Å². The van der Waals surface area contributed by atoms with Gasteiger partial charge >= 0.3 is 5.97 Å². The van der Waals surface area contributed by atoms with Crippen LogP contribution in [-0.2, 0) is 9.59 Å². The van der Waals surface area contributed by atoms with Gasteiger partial charge in [0.05, 0.1) is 4.88 Å². The topological polar surface area (TPSA) is 109 Å². The molecule has 6 nitrogen and oxygen atoms in total. The zero-order chi connectivity index (χ0) is 12.8. The first-order valence-electron chi connectivity index (χ1n) is 4.86. The fourth-order valence-electron chi connectivity index (χ4n) is 1.18. The van der Waals surface area contributed by atoms with Gasteiger partial charge < -0.3 is 16.2 Å². The number of aliphatic carboxylic acids is 1.